The molecular formula is C21H19Cl2N3O3. The van der Waals surface area contributed by atoms with E-state index in [1.54, 1.807) is 29.2 Å². The highest BCUT2D eigenvalue weighted by Crippen LogP contribution is 2.47. The molecular weight excluding hydrogens is 413 g/mol. The van der Waals surface area contributed by atoms with Crippen LogP contribution in [-0.4, -0.2) is 34.5 Å². The molecule has 29 heavy (non-hydrogen) atoms. The van der Waals surface area contributed by atoms with Crippen molar-refractivity contribution >= 4 is 29.2 Å². The van der Waals surface area contributed by atoms with Gasteiger partial charge in [0.1, 0.15) is 18.3 Å². The summed E-state index contributed by atoms with van der Waals surface area (Å²) in [7, 11) is 1.38. The van der Waals surface area contributed by atoms with Gasteiger partial charge in [0.2, 0.25) is 0 Å². The fourth-order valence-electron chi connectivity index (χ4n) is 3.94. The molecule has 1 saturated heterocycles. The summed E-state index contributed by atoms with van der Waals surface area (Å²) in [6.07, 6.45) is 3.74. The van der Waals surface area contributed by atoms with E-state index in [0.717, 1.165) is 11.1 Å². The number of carbonyl (C=O) groups excluding carboxylic acids is 1. The maximum Gasteiger partial charge on any atom is 0.338 e. The molecule has 0 spiro atoms. The Kier molecular flexibility index (Phi) is 5.58. The quantitative estimate of drug-likeness (QED) is 0.557. The third-order valence-electron chi connectivity index (χ3n) is 5.25. The number of ether oxygens (including phenoxy) is 2. The Balaban J connectivity index is 1.74. The SMILES string of the molecule is COC(=O)c1ccccc1[C@H]1CO[C@@](Cn2cncn2)(c2ccc(Cl)cc2Cl)C1. The van der Waals surface area contributed by atoms with Crippen LogP contribution in [0.25, 0.3) is 0 Å². The Morgan fingerprint density at radius 3 is 2.86 bits per heavy atom. The van der Waals surface area contributed by atoms with Crippen molar-refractivity contribution < 1.29 is 14.3 Å². The molecule has 2 heterocycles. The number of hydrogen-bond donors (Lipinski definition) is 0. The van der Waals surface area contributed by atoms with Gasteiger partial charge in [-0.25, -0.2) is 14.5 Å². The van der Waals surface area contributed by atoms with E-state index >= 15 is 0 Å². The van der Waals surface area contributed by atoms with Crippen LogP contribution in [0.3, 0.4) is 0 Å². The fourth-order valence-corrected chi connectivity index (χ4v) is 4.52. The van der Waals surface area contributed by atoms with Crippen molar-refractivity contribution in [2.45, 2.75) is 24.5 Å². The second-order valence-electron chi connectivity index (χ2n) is 7.00. The predicted molar refractivity (Wildman–Crippen MR) is 109 cm³/mol. The monoisotopic (exact) mass is 431 g/mol. The first kappa shape index (κ1) is 19.9. The van der Waals surface area contributed by atoms with Crippen molar-refractivity contribution in [3.8, 4) is 0 Å². The first-order valence-corrected chi connectivity index (χ1v) is 9.87. The molecule has 2 atom stereocenters. The molecule has 0 amide bonds. The average molecular weight is 432 g/mol. The summed E-state index contributed by atoms with van der Waals surface area (Å²) in [5, 5.41) is 5.32. The average Bonchev–Trinajstić information content (AvgIpc) is 3.38. The lowest BCUT2D eigenvalue weighted by Crippen LogP contribution is -2.31. The van der Waals surface area contributed by atoms with E-state index in [2.05, 4.69) is 10.1 Å². The van der Waals surface area contributed by atoms with E-state index in [9.17, 15) is 4.79 Å². The lowest BCUT2D eigenvalue weighted by molar-refractivity contribution is -0.0172. The zero-order valence-corrected chi connectivity index (χ0v) is 17.2. The van der Waals surface area contributed by atoms with Gasteiger partial charge in [-0.2, -0.15) is 5.10 Å². The van der Waals surface area contributed by atoms with Crippen molar-refractivity contribution in [1.82, 2.24) is 14.8 Å². The molecule has 0 saturated carbocycles. The molecule has 1 aromatic heterocycles. The Morgan fingerprint density at radius 2 is 2.14 bits per heavy atom. The first-order valence-electron chi connectivity index (χ1n) is 9.11. The minimum absolute atomic E-state index is 0.0134. The summed E-state index contributed by atoms with van der Waals surface area (Å²) in [5.41, 5.74) is 1.54. The Hall–Kier alpha value is -2.41. The standard InChI is InChI=1S/C21H19Cl2N3O3/c1-28-20(27)17-5-3-2-4-16(17)14-9-21(29-10-14,11-26-13-24-12-25-26)18-7-6-15(22)8-19(18)23/h2-8,12-14H,9-11H2,1H3/t14-,21+/m1/s1. The van der Waals surface area contributed by atoms with E-state index in [1.165, 1.54) is 13.4 Å². The van der Waals surface area contributed by atoms with Crippen LogP contribution in [-0.2, 0) is 21.6 Å². The van der Waals surface area contributed by atoms with E-state index in [1.807, 2.05) is 24.3 Å². The van der Waals surface area contributed by atoms with Crippen molar-refractivity contribution in [3.63, 3.8) is 0 Å². The topological polar surface area (TPSA) is 66.2 Å². The summed E-state index contributed by atoms with van der Waals surface area (Å²) in [6, 6.07) is 12.8. The molecule has 0 N–H and O–H groups in total. The van der Waals surface area contributed by atoms with Gasteiger partial charge in [-0.1, -0.05) is 47.5 Å². The maximum atomic E-state index is 12.2. The smallest absolute Gasteiger partial charge is 0.338 e. The van der Waals surface area contributed by atoms with Crippen molar-refractivity contribution in [2.24, 2.45) is 0 Å². The van der Waals surface area contributed by atoms with Crippen LogP contribution in [0.4, 0.5) is 0 Å². The molecule has 0 aliphatic carbocycles. The van der Waals surface area contributed by atoms with Crippen LogP contribution in [0.15, 0.2) is 55.1 Å². The van der Waals surface area contributed by atoms with Crippen LogP contribution in [0.5, 0.6) is 0 Å². The van der Waals surface area contributed by atoms with Crippen molar-refractivity contribution in [3.05, 3.63) is 81.9 Å². The third kappa shape index (κ3) is 3.88. The minimum Gasteiger partial charge on any atom is -0.465 e. The third-order valence-corrected chi connectivity index (χ3v) is 5.80. The molecule has 1 aliphatic rings. The number of esters is 1. The maximum absolute atomic E-state index is 12.2. The van der Waals surface area contributed by atoms with Gasteiger partial charge in [-0.05, 0) is 30.2 Å². The fraction of sp³-hybridized carbons (Fsp3) is 0.286. The van der Waals surface area contributed by atoms with Gasteiger partial charge in [0.15, 0.2) is 0 Å². The summed E-state index contributed by atoms with van der Waals surface area (Å²) < 4.78 is 13.1. The van der Waals surface area contributed by atoms with Crippen molar-refractivity contribution in [2.75, 3.05) is 13.7 Å². The normalized spacial score (nSPS) is 21.3. The summed E-state index contributed by atoms with van der Waals surface area (Å²) in [6.45, 7) is 0.868. The molecule has 1 fully saturated rings. The molecule has 6 nitrogen and oxygen atoms in total. The first-order chi connectivity index (χ1) is 14.0. The molecule has 8 heteroatoms. The summed E-state index contributed by atoms with van der Waals surface area (Å²) in [4.78, 5) is 16.3. The van der Waals surface area contributed by atoms with Crippen LogP contribution in [0.2, 0.25) is 10.0 Å². The lowest BCUT2D eigenvalue weighted by atomic mass is 9.83. The highest BCUT2D eigenvalue weighted by molar-refractivity contribution is 6.35. The van der Waals surface area contributed by atoms with Gasteiger partial charge in [-0.15, -0.1) is 0 Å². The Labute approximate surface area is 178 Å². The molecule has 0 bridgehead atoms. The number of methoxy groups -OCH3 is 1. The second kappa shape index (κ2) is 8.14. The molecule has 150 valence electrons. The van der Waals surface area contributed by atoms with Gasteiger partial charge >= 0.3 is 5.97 Å². The van der Waals surface area contributed by atoms with E-state index in [-0.39, 0.29) is 11.9 Å². The Morgan fingerprint density at radius 1 is 1.31 bits per heavy atom. The highest BCUT2D eigenvalue weighted by atomic mass is 35.5. The molecule has 2 aromatic carbocycles. The largest absolute Gasteiger partial charge is 0.465 e. The summed E-state index contributed by atoms with van der Waals surface area (Å²) in [5.74, 6) is -0.375. The van der Waals surface area contributed by atoms with Gasteiger partial charge in [-0.3, -0.25) is 0 Å². The number of carbonyl (C=O) groups is 1. The molecule has 1 aliphatic heterocycles. The summed E-state index contributed by atoms with van der Waals surface area (Å²) >= 11 is 12.7. The van der Waals surface area contributed by atoms with Crippen LogP contribution in [0.1, 0.15) is 33.8 Å². The van der Waals surface area contributed by atoms with E-state index in [0.29, 0.717) is 35.2 Å². The van der Waals surface area contributed by atoms with E-state index < -0.39 is 5.60 Å². The number of hydrogen-bond acceptors (Lipinski definition) is 5. The molecule has 4 rings (SSSR count). The minimum atomic E-state index is -0.733. The van der Waals surface area contributed by atoms with Crippen LogP contribution >= 0.6 is 23.2 Å². The predicted octanol–water partition coefficient (Wildman–Crippen LogP) is 4.47. The second-order valence-corrected chi connectivity index (χ2v) is 7.85. The van der Waals surface area contributed by atoms with Crippen molar-refractivity contribution in [1.29, 1.82) is 0 Å². The molecule has 3 aromatic rings. The Bertz CT molecular complexity index is 1030. The van der Waals surface area contributed by atoms with Crippen LogP contribution < -0.4 is 0 Å². The number of rotatable bonds is 5. The number of benzene rings is 2. The van der Waals surface area contributed by atoms with Crippen LogP contribution in [0, 0.1) is 0 Å². The number of halogens is 2. The highest BCUT2D eigenvalue weighted by Gasteiger charge is 2.45. The molecule has 0 radical (unpaired) electrons. The van der Waals surface area contributed by atoms with Gasteiger partial charge < -0.3 is 9.47 Å². The zero-order valence-electron chi connectivity index (χ0n) is 15.7. The number of nitrogens with zero attached hydrogens (tertiary/aromatic N) is 3. The molecule has 0 unspecified atom stereocenters. The lowest BCUT2D eigenvalue weighted by Gasteiger charge is -2.30. The van der Waals surface area contributed by atoms with Gasteiger partial charge in [0, 0.05) is 21.5 Å². The van der Waals surface area contributed by atoms with E-state index in [4.69, 9.17) is 32.7 Å². The number of aromatic nitrogens is 3. The van der Waals surface area contributed by atoms with Gasteiger partial charge in [0.05, 0.1) is 25.8 Å². The van der Waals surface area contributed by atoms with Gasteiger partial charge in [0.25, 0.3) is 0 Å². The zero-order chi connectivity index (χ0) is 20.4.